The highest BCUT2D eigenvalue weighted by atomic mass is 32.2. The first-order valence-electron chi connectivity index (χ1n) is 5.84. The Labute approximate surface area is 121 Å². The molecule has 0 saturated carbocycles. The summed E-state index contributed by atoms with van der Waals surface area (Å²) in [7, 11) is -4.07. The van der Waals surface area contributed by atoms with Crippen molar-refractivity contribution >= 4 is 16.1 Å². The highest BCUT2D eigenvalue weighted by Crippen LogP contribution is 2.09. The van der Waals surface area contributed by atoms with Gasteiger partial charge in [-0.05, 0) is 24.3 Å². The van der Waals surface area contributed by atoms with Gasteiger partial charge in [0.2, 0.25) is 0 Å². The largest absolute Gasteiger partial charge is 0.378 e. The molecule has 0 radical (unpaired) electrons. The van der Waals surface area contributed by atoms with Crippen molar-refractivity contribution in [2.45, 2.75) is 4.90 Å². The first kappa shape index (κ1) is 14.8. The molecular formula is C13H12N2O5S. The molecule has 0 atom stereocenters. The molecule has 0 aromatic heterocycles. The molecule has 2 aromatic carbocycles. The number of para-hydroxylation sites is 1. The molecule has 0 bridgehead atoms. The van der Waals surface area contributed by atoms with E-state index >= 15 is 0 Å². The van der Waals surface area contributed by atoms with E-state index in [9.17, 15) is 13.2 Å². The molecule has 110 valence electrons. The fourth-order valence-electron chi connectivity index (χ4n) is 1.34. The first-order valence-corrected chi connectivity index (χ1v) is 7.25. The quantitative estimate of drug-likeness (QED) is 0.818. The van der Waals surface area contributed by atoms with E-state index in [-0.39, 0.29) is 4.90 Å². The van der Waals surface area contributed by atoms with Crippen LogP contribution in [0.4, 0.5) is 4.79 Å². The van der Waals surface area contributed by atoms with Crippen molar-refractivity contribution in [3.8, 4) is 5.75 Å². The summed E-state index contributed by atoms with van der Waals surface area (Å²) in [4.78, 5) is 16.2. The Morgan fingerprint density at radius 2 is 1.43 bits per heavy atom. The molecular weight excluding hydrogens is 296 g/mol. The molecule has 21 heavy (non-hydrogen) atoms. The molecule has 0 spiro atoms. The van der Waals surface area contributed by atoms with Gasteiger partial charge < -0.3 is 4.84 Å². The molecule has 0 aliphatic heterocycles. The van der Waals surface area contributed by atoms with Gasteiger partial charge in [-0.25, -0.2) is 4.79 Å². The fraction of sp³-hybridized carbons (Fsp3) is 0. The summed E-state index contributed by atoms with van der Waals surface area (Å²) < 4.78 is 27.8. The van der Waals surface area contributed by atoms with Crippen LogP contribution in [-0.4, -0.2) is 14.4 Å². The minimum absolute atomic E-state index is 0.0747. The van der Waals surface area contributed by atoms with E-state index in [1.807, 2.05) is 5.48 Å². The van der Waals surface area contributed by atoms with Crippen molar-refractivity contribution in [2.75, 3.05) is 0 Å². The lowest BCUT2D eigenvalue weighted by Crippen LogP contribution is -2.38. The van der Waals surface area contributed by atoms with Gasteiger partial charge in [0, 0.05) is 0 Å². The van der Waals surface area contributed by atoms with Crippen molar-refractivity contribution in [3.63, 3.8) is 0 Å². The van der Waals surface area contributed by atoms with E-state index < -0.39 is 16.1 Å². The normalized spacial score (nSPS) is 10.7. The summed E-state index contributed by atoms with van der Waals surface area (Å²) in [6.07, 6.45) is 0. The van der Waals surface area contributed by atoms with E-state index in [2.05, 4.69) is 4.28 Å². The smallest absolute Gasteiger partial charge is 0.372 e. The van der Waals surface area contributed by atoms with Crippen molar-refractivity contribution in [1.82, 2.24) is 11.0 Å². The zero-order valence-corrected chi connectivity index (χ0v) is 11.5. The third kappa shape index (κ3) is 4.48. The number of hydroxylamine groups is 2. The van der Waals surface area contributed by atoms with E-state index in [0.717, 1.165) is 0 Å². The molecule has 0 aliphatic carbocycles. The first-order chi connectivity index (χ1) is 10.1. The molecule has 0 saturated heterocycles. The maximum absolute atomic E-state index is 11.7. The Morgan fingerprint density at radius 3 is 2.05 bits per heavy atom. The molecule has 0 heterocycles. The van der Waals surface area contributed by atoms with E-state index in [1.165, 1.54) is 24.3 Å². The third-order valence-electron chi connectivity index (χ3n) is 2.28. The summed E-state index contributed by atoms with van der Waals surface area (Å²) in [5.41, 5.74) is 3.71. The van der Waals surface area contributed by atoms with Gasteiger partial charge in [-0.2, -0.15) is 19.4 Å². The molecule has 2 amide bonds. The second-order valence-electron chi connectivity index (χ2n) is 3.80. The molecule has 2 N–H and O–H groups in total. The highest BCUT2D eigenvalue weighted by molar-refractivity contribution is 7.86. The van der Waals surface area contributed by atoms with Crippen LogP contribution in [0.25, 0.3) is 0 Å². The van der Waals surface area contributed by atoms with Gasteiger partial charge >= 0.3 is 16.1 Å². The number of hydrogen-bond acceptors (Lipinski definition) is 5. The molecule has 0 aliphatic rings. The fourth-order valence-corrected chi connectivity index (χ4v) is 2.11. The van der Waals surface area contributed by atoms with Crippen LogP contribution >= 0.6 is 0 Å². The minimum atomic E-state index is -4.07. The number of rotatable bonds is 5. The Morgan fingerprint density at radius 1 is 0.857 bits per heavy atom. The van der Waals surface area contributed by atoms with Gasteiger partial charge in [0.25, 0.3) is 0 Å². The number of nitrogens with one attached hydrogen (secondary N) is 2. The average Bonchev–Trinajstić information content (AvgIpc) is 2.53. The zero-order chi connectivity index (χ0) is 15.1. The van der Waals surface area contributed by atoms with Crippen molar-refractivity contribution in [2.24, 2.45) is 0 Å². The lowest BCUT2D eigenvalue weighted by Gasteiger charge is -2.08. The summed E-state index contributed by atoms with van der Waals surface area (Å²) in [5, 5.41) is 0. The maximum atomic E-state index is 11.7. The highest BCUT2D eigenvalue weighted by Gasteiger charge is 2.16. The molecule has 2 aromatic rings. The van der Waals surface area contributed by atoms with E-state index in [4.69, 9.17) is 4.84 Å². The molecule has 0 unspecified atom stereocenters. The monoisotopic (exact) mass is 308 g/mol. The van der Waals surface area contributed by atoms with Crippen molar-refractivity contribution in [3.05, 3.63) is 60.7 Å². The topological polar surface area (TPSA) is 93.7 Å². The van der Waals surface area contributed by atoms with Crippen molar-refractivity contribution < 1.29 is 22.3 Å². The predicted molar refractivity (Wildman–Crippen MR) is 73.5 cm³/mol. The van der Waals surface area contributed by atoms with Gasteiger partial charge in [0.1, 0.15) is 0 Å². The summed E-state index contributed by atoms with van der Waals surface area (Å²) in [6.45, 7) is 0. The maximum Gasteiger partial charge on any atom is 0.372 e. The second kappa shape index (κ2) is 6.73. The number of carbonyl (C=O) groups is 1. The van der Waals surface area contributed by atoms with Crippen LogP contribution in [0.5, 0.6) is 5.75 Å². The molecule has 2 rings (SSSR count). The van der Waals surface area contributed by atoms with Crippen LogP contribution in [0.1, 0.15) is 0 Å². The van der Waals surface area contributed by atoms with Crippen LogP contribution in [-0.2, 0) is 14.4 Å². The summed E-state index contributed by atoms with van der Waals surface area (Å²) >= 11 is 0. The van der Waals surface area contributed by atoms with E-state index in [0.29, 0.717) is 5.75 Å². The number of benzene rings is 2. The number of carbonyl (C=O) groups excluding carboxylic acids is 1. The Kier molecular flexibility index (Phi) is 4.75. The third-order valence-corrected chi connectivity index (χ3v) is 3.43. The lowest BCUT2D eigenvalue weighted by atomic mass is 10.3. The van der Waals surface area contributed by atoms with Crippen LogP contribution in [0.2, 0.25) is 0 Å². The molecule has 0 fully saturated rings. The SMILES string of the molecule is O=C(NOc1ccccc1)NOS(=O)(=O)c1ccccc1. The number of hydrogen-bond donors (Lipinski definition) is 2. The van der Waals surface area contributed by atoms with Crippen molar-refractivity contribution in [1.29, 1.82) is 0 Å². The number of amides is 2. The number of urea groups is 1. The van der Waals surface area contributed by atoms with Gasteiger partial charge in [-0.3, -0.25) is 0 Å². The van der Waals surface area contributed by atoms with Crippen LogP contribution < -0.4 is 15.8 Å². The molecule has 8 heteroatoms. The van der Waals surface area contributed by atoms with Gasteiger partial charge in [0.05, 0.1) is 4.90 Å². The summed E-state index contributed by atoms with van der Waals surface area (Å²) in [6, 6.07) is 14.9. The van der Waals surface area contributed by atoms with Gasteiger partial charge in [-0.15, -0.1) is 4.28 Å². The average molecular weight is 308 g/mol. The predicted octanol–water partition coefficient (Wildman–Crippen LogP) is 1.60. The van der Waals surface area contributed by atoms with E-state index in [1.54, 1.807) is 41.9 Å². The molecule has 7 nitrogen and oxygen atoms in total. The minimum Gasteiger partial charge on any atom is -0.378 e. The second-order valence-corrected chi connectivity index (χ2v) is 5.35. The van der Waals surface area contributed by atoms with Gasteiger partial charge in [0.15, 0.2) is 5.75 Å². The Balaban J connectivity index is 1.84. The van der Waals surface area contributed by atoms with Crippen LogP contribution in [0.3, 0.4) is 0 Å². The van der Waals surface area contributed by atoms with Crippen LogP contribution in [0, 0.1) is 0 Å². The zero-order valence-electron chi connectivity index (χ0n) is 10.7. The Bertz CT molecular complexity index is 689. The Hall–Kier alpha value is -2.58. The van der Waals surface area contributed by atoms with Crippen LogP contribution in [0.15, 0.2) is 65.6 Å². The summed E-state index contributed by atoms with van der Waals surface area (Å²) in [5.74, 6) is 0.388. The standard InChI is InChI=1S/C13H12N2O5S/c16-13(14-19-11-7-3-1-4-8-11)15-20-21(17,18)12-9-5-2-6-10-12/h1-10H,(H2,14,15,16). The van der Waals surface area contributed by atoms with Gasteiger partial charge in [-0.1, -0.05) is 36.4 Å². The lowest BCUT2D eigenvalue weighted by molar-refractivity contribution is 0.138.